The van der Waals surface area contributed by atoms with Crippen LogP contribution in [-0.4, -0.2) is 64.0 Å². The number of carbonyl (C=O) groups excluding carboxylic acids is 1. The van der Waals surface area contributed by atoms with E-state index in [1.807, 2.05) is 4.90 Å². The van der Waals surface area contributed by atoms with Crippen molar-refractivity contribution in [3.8, 4) is 0 Å². The third-order valence-corrected chi connectivity index (χ3v) is 5.32. The highest BCUT2D eigenvalue weighted by Gasteiger charge is 2.26. The summed E-state index contributed by atoms with van der Waals surface area (Å²) < 4.78 is 1.27. The van der Waals surface area contributed by atoms with Crippen LogP contribution in [0.5, 0.6) is 0 Å². The maximum Gasteiger partial charge on any atom is 0.329 e. The lowest BCUT2D eigenvalue weighted by Crippen LogP contribution is -2.40. The van der Waals surface area contributed by atoms with Crippen molar-refractivity contribution in [3.63, 3.8) is 0 Å². The van der Waals surface area contributed by atoms with E-state index in [4.69, 9.17) is 0 Å². The van der Waals surface area contributed by atoms with Crippen molar-refractivity contribution in [2.75, 3.05) is 33.7 Å². The third-order valence-electron chi connectivity index (χ3n) is 5.32. The van der Waals surface area contributed by atoms with Crippen molar-refractivity contribution >= 4 is 16.9 Å². The highest BCUT2D eigenvalue weighted by atomic mass is 16.2. The summed E-state index contributed by atoms with van der Waals surface area (Å²) in [7, 11) is 5.68. The minimum atomic E-state index is -0.565. The van der Waals surface area contributed by atoms with E-state index in [1.54, 1.807) is 13.0 Å². The van der Waals surface area contributed by atoms with Gasteiger partial charge in [-0.05, 0) is 58.8 Å². The summed E-state index contributed by atoms with van der Waals surface area (Å²) >= 11 is 0. The fourth-order valence-electron chi connectivity index (χ4n) is 3.67. The molecule has 1 N–H and O–H groups in total. The van der Waals surface area contributed by atoms with Crippen molar-refractivity contribution < 1.29 is 4.79 Å². The number of hydrogen-bond donors (Lipinski definition) is 1. The average Bonchev–Trinajstić information content (AvgIpc) is 2.63. The van der Waals surface area contributed by atoms with Gasteiger partial charge in [-0.2, -0.15) is 0 Å². The molecule has 0 unspecified atom stereocenters. The van der Waals surface area contributed by atoms with Crippen LogP contribution in [0.15, 0.2) is 15.7 Å². The number of nitrogens with zero attached hydrogens (tertiary/aromatic N) is 4. The zero-order valence-corrected chi connectivity index (χ0v) is 16.4. The monoisotopic (exact) mass is 373 g/mol. The number of pyridine rings is 1. The molecule has 0 aromatic carbocycles. The van der Waals surface area contributed by atoms with Gasteiger partial charge in [0.15, 0.2) is 0 Å². The second kappa shape index (κ2) is 7.64. The minimum Gasteiger partial charge on any atom is -0.339 e. The summed E-state index contributed by atoms with van der Waals surface area (Å²) in [4.78, 5) is 48.0. The number of amides is 1. The molecule has 0 saturated carbocycles. The molecule has 0 atom stereocenters. The summed E-state index contributed by atoms with van der Waals surface area (Å²) in [5, 5.41) is 0.183. The van der Waals surface area contributed by atoms with E-state index >= 15 is 0 Å². The Kier molecular flexibility index (Phi) is 5.46. The number of aryl methyl sites for hydroxylation is 2. The van der Waals surface area contributed by atoms with E-state index in [9.17, 15) is 14.4 Å². The van der Waals surface area contributed by atoms with Gasteiger partial charge in [-0.3, -0.25) is 19.1 Å². The zero-order valence-electron chi connectivity index (χ0n) is 16.4. The quantitative estimate of drug-likeness (QED) is 0.853. The fourth-order valence-corrected chi connectivity index (χ4v) is 3.67. The number of aromatic nitrogens is 3. The molecule has 8 nitrogen and oxygen atoms in total. The number of hydrogen-bond acceptors (Lipinski definition) is 5. The minimum absolute atomic E-state index is 0.166. The first-order valence-corrected chi connectivity index (χ1v) is 9.32. The molecular weight excluding hydrogens is 346 g/mol. The van der Waals surface area contributed by atoms with E-state index in [1.165, 1.54) is 11.6 Å². The summed E-state index contributed by atoms with van der Waals surface area (Å²) in [5.74, 6) is 0.456. The molecule has 8 heteroatoms. The second-order valence-corrected chi connectivity index (χ2v) is 7.66. The number of piperidine rings is 1. The SMILES string of the molecule is Cc1cc(C(=O)N2CCC(CCN(C)C)CC2)c2c(=O)[nH]c(=O)n(C)c2n1. The van der Waals surface area contributed by atoms with E-state index < -0.39 is 11.2 Å². The molecule has 2 aromatic heterocycles. The molecule has 1 aliphatic heterocycles. The van der Waals surface area contributed by atoms with Crippen molar-refractivity contribution in [2.45, 2.75) is 26.2 Å². The highest BCUT2D eigenvalue weighted by Crippen LogP contribution is 2.23. The Morgan fingerprint density at radius 2 is 1.96 bits per heavy atom. The van der Waals surface area contributed by atoms with Crippen molar-refractivity contribution in [2.24, 2.45) is 13.0 Å². The van der Waals surface area contributed by atoms with Crippen LogP contribution < -0.4 is 11.2 Å². The largest absolute Gasteiger partial charge is 0.339 e. The van der Waals surface area contributed by atoms with Gasteiger partial charge in [-0.25, -0.2) is 9.78 Å². The number of aromatic amines is 1. The van der Waals surface area contributed by atoms with Gasteiger partial charge in [-0.1, -0.05) is 0 Å². The first-order chi connectivity index (χ1) is 12.8. The predicted octanol–water partition coefficient (Wildman–Crippen LogP) is 0.734. The molecule has 1 fully saturated rings. The van der Waals surface area contributed by atoms with E-state index in [2.05, 4.69) is 29.0 Å². The normalized spacial score (nSPS) is 15.7. The van der Waals surface area contributed by atoms with Crippen molar-refractivity contribution in [1.29, 1.82) is 0 Å². The molecule has 2 aromatic rings. The van der Waals surface area contributed by atoms with E-state index in [0.717, 1.165) is 25.8 Å². The highest BCUT2D eigenvalue weighted by molar-refractivity contribution is 6.05. The maximum atomic E-state index is 13.1. The Morgan fingerprint density at radius 1 is 1.30 bits per heavy atom. The Hall–Kier alpha value is -2.48. The summed E-state index contributed by atoms with van der Waals surface area (Å²) in [6.07, 6.45) is 3.07. The van der Waals surface area contributed by atoms with E-state index in [0.29, 0.717) is 30.3 Å². The Labute approximate surface area is 157 Å². The molecule has 0 bridgehead atoms. The third kappa shape index (κ3) is 3.95. The second-order valence-electron chi connectivity index (χ2n) is 7.66. The summed E-state index contributed by atoms with van der Waals surface area (Å²) in [6.45, 7) is 4.18. The van der Waals surface area contributed by atoms with Gasteiger partial charge in [-0.15, -0.1) is 0 Å². The van der Waals surface area contributed by atoms with Crippen molar-refractivity contribution in [1.82, 2.24) is 24.3 Å². The molecule has 0 radical (unpaired) electrons. The summed E-state index contributed by atoms with van der Waals surface area (Å²) in [6, 6.07) is 1.64. The molecule has 3 rings (SSSR count). The standard InChI is InChI=1S/C19H27N5O3/c1-12-11-14(15-16(20-12)23(4)19(27)21-17(15)25)18(26)24-9-6-13(7-10-24)5-8-22(2)3/h11,13H,5-10H2,1-4H3,(H,21,25,27). The first kappa shape index (κ1) is 19.3. The molecule has 146 valence electrons. The Bertz CT molecular complexity index is 968. The fraction of sp³-hybridized carbons (Fsp3) is 0.579. The van der Waals surface area contributed by atoms with Crippen molar-refractivity contribution in [3.05, 3.63) is 38.2 Å². The maximum absolute atomic E-state index is 13.1. The Morgan fingerprint density at radius 3 is 2.59 bits per heavy atom. The lowest BCUT2D eigenvalue weighted by molar-refractivity contribution is 0.0685. The molecule has 0 spiro atoms. The van der Waals surface area contributed by atoms with Crippen LogP contribution in [-0.2, 0) is 7.05 Å². The van der Waals surface area contributed by atoms with Crippen LogP contribution >= 0.6 is 0 Å². The zero-order chi connectivity index (χ0) is 19.7. The van der Waals surface area contributed by atoms with Gasteiger partial charge < -0.3 is 9.80 Å². The molecular formula is C19H27N5O3. The summed E-state index contributed by atoms with van der Waals surface area (Å²) in [5.41, 5.74) is 0.0666. The van der Waals surface area contributed by atoms with Gasteiger partial charge in [0, 0.05) is 25.8 Å². The lowest BCUT2D eigenvalue weighted by Gasteiger charge is -2.32. The smallest absolute Gasteiger partial charge is 0.329 e. The van der Waals surface area contributed by atoms with Gasteiger partial charge in [0.25, 0.3) is 11.5 Å². The van der Waals surface area contributed by atoms with Gasteiger partial charge in [0.2, 0.25) is 0 Å². The number of rotatable bonds is 4. The number of H-pyrrole nitrogens is 1. The van der Waals surface area contributed by atoms with Crippen LogP contribution in [0.2, 0.25) is 0 Å². The molecule has 27 heavy (non-hydrogen) atoms. The molecule has 0 aliphatic carbocycles. The van der Waals surface area contributed by atoms with Crippen LogP contribution in [0.1, 0.15) is 35.3 Å². The van der Waals surface area contributed by atoms with E-state index in [-0.39, 0.29) is 16.9 Å². The number of fused-ring (bicyclic) bond motifs is 1. The van der Waals surface area contributed by atoms with Crippen LogP contribution in [0.25, 0.3) is 11.0 Å². The lowest BCUT2D eigenvalue weighted by atomic mass is 9.93. The Balaban J connectivity index is 1.88. The number of nitrogens with one attached hydrogen (secondary N) is 1. The number of likely N-dealkylation sites (tertiary alicyclic amines) is 1. The topological polar surface area (TPSA) is 91.3 Å². The molecule has 1 saturated heterocycles. The average molecular weight is 373 g/mol. The van der Waals surface area contributed by atoms with Gasteiger partial charge in [0.1, 0.15) is 5.65 Å². The van der Waals surface area contributed by atoms with Gasteiger partial charge in [0.05, 0.1) is 10.9 Å². The van der Waals surface area contributed by atoms with Crippen LogP contribution in [0.4, 0.5) is 0 Å². The van der Waals surface area contributed by atoms with Crippen LogP contribution in [0, 0.1) is 12.8 Å². The molecule has 1 amide bonds. The predicted molar refractivity (Wildman–Crippen MR) is 104 cm³/mol. The van der Waals surface area contributed by atoms with Gasteiger partial charge >= 0.3 is 5.69 Å². The molecule has 3 heterocycles. The van der Waals surface area contributed by atoms with Crippen LogP contribution in [0.3, 0.4) is 0 Å². The first-order valence-electron chi connectivity index (χ1n) is 9.32. The number of carbonyl (C=O) groups is 1. The molecule has 1 aliphatic rings.